The van der Waals surface area contributed by atoms with Crippen LogP contribution in [0.3, 0.4) is 0 Å². The van der Waals surface area contributed by atoms with Crippen LogP contribution in [0.4, 0.5) is 10.8 Å². The van der Waals surface area contributed by atoms with Crippen molar-refractivity contribution >= 4 is 28.1 Å². The molecule has 2 aliphatic heterocycles. The van der Waals surface area contributed by atoms with E-state index < -0.39 is 0 Å². The van der Waals surface area contributed by atoms with Crippen LogP contribution in [0.5, 0.6) is 0 Å². The van der Waals surface area contributed by atoms with Gasteiger partial charge in [0.1, 0.15) is 0 Å². The Morgan fingerprint density at radius 2 is 1.94 bits per heavy atom. The van der Waals surface area contributed by atoms with Gasteiger partial charge in [-0.1, -0.05) is 17.7 Å². The van der Waals surface area contributed by atoms with Crippen LogP contribution in [0, 0.1) is 6.92 Å². The van der Waals surface area contributed by atoms with Gasteiger partial charge in [-0.15, -0.1) is 11.3 Å². The smallest absolute Gasteiger partial charge is 0.230 e. The van der Waals surface area contributed by atoms with E-state index in [1.165, 1.54) is 18.4 Å². The number of hydrogen-bond acceptors (Lipinski definition) is 6. The van der Waals surface area contributed by atoms with Crippen LogP contribution < -0.4 is 4.90 Å². The Morgan fingerprint density at radius 3 is 2.61 bits per heavy atom. The number of aromatic nitrogens is 1. The Hall–Kier alpha value is -1.80. The van der Waals surface area contributed by atoms with E-state index in [0.717, 1.165) is 49.2 Å². The van der Waals surface area contributed by atoms with E-state index in [4.69, 9.17) is 9.72 Å². The van der Waals surface area contributed by atoms with Crippen molar-refractivity contribution < 1.29 is 9.53 Å². The highest BCUT2D eigenvalue weighted by Crippen LogP contribution is 2.30. The maximum absolute atomic E-state index is 12.4. The standard InChI is InChI=1S/C24H34N4O2S/c1-17-7-9-22(10-8-17)28(20(4)29)24-25-21(16-31-24)14-27-11-5-6-23(27)15-26-12-18(2)30-19(3)13-26/h7-10,16,18-19,23H,5-6,11-15H2,1-4H3. The molecule has 3 unspecified atom stereocenters. The lowest BCUT2D eigenvalue weighted by Crippen LogP contribution is -2.50. The molecule has 3 atom stereocenters. The summed E-state index contributed by atoms with van der Waals surface area (Å²) in [6.07, 6.45) is 3.08. The van der Waals surface area contributed by atoms with Crippen molar-refractivity contribution in [3.05, 3.63) is 40.9 Å². The van der Waals surface area contributed by atoms with Gasteiger partial charge < -0.3 is 4.74 Å². The van der Waals surface area contributed by atoms with Crippen LogP contribution in [-0.2, 0) is 16.1 Å². The van der Waals surface area contributed by atoms with E-state index in [1.807, 2.05) is 31.2 Å². The molecule has 0 N–H and O–H groups in total. The third-order valence-electron chi connectivity index (χ3n) is 6.17. The number of ether oxygens (including phenoxy) is 1. The van der Waals surface area contributed by atoms with Crippen molar-refractivity contribution in [2.24, 2.45) is 0 Å². The summed E-state index contributed by atoms with van der Waals surface area (Å²) in [5.74, 6) is -0.0145. The monoisotopic (exact) mass is 442 g/mol. The van der Waals surface area contributed by atoms with E-state index in [-0.39, 0.29) is 5.91 Å². The number of aryl methyl sites for hydroxylation is 1. The molecule has 0 saturated carbocycles. The Kier molecular flexibility index (Phi) is 7.06. The van der Waals surface area contributed by atoms with Gasteiger partial charge in [0.25, 0.3) is 0 Å². The number of benzene rings is 1. The number of rotatable bonds is 6. The minimum atomic E-state index is -0.0145. The van der Waals surface area contributed by atoms with Crippen molar-refractivity contribution in [2.45, 2.75) is 65.3 Å². The molecule has 3 heterocycles. The average molecular weight is 443 g/mol. The number of carbonyl (C=O) groups excluding carboxylic acids is 1. The van der Waals surface area contributed by atoms with E-state index in [0.29, 0.717) is 18.2 Å². The topological polar surface area (TPSA) is 48.9 Å². The van der Waals surface area contributed by atoms with Crippen molar-refractivity contribution in [2.75, 3.05) is 31.1 Å². The second-order valence-corrected chi connectivity index (χ2v) is 9.89. The Balaban J connectivity index is 1.42. The molecular weight excluding hydrogens is 408 g/mol. The molecule has 2 fully saturated rings. The number of likely N-dealkylation sites (tertiary alicyclic amines) is 1. The molecule has 0 aliphatic carbocycles. The molecule has 2 saturated heterocycles. The zero-order valence-electron chi connectivity index (χ0n) is 19.1. The molecule has 2 aromatic rings. The lowest BCUT2D eigenvalue weighted by Gasteiger charge is -2.38. The molecule has 4 rings (SSSR count). The molecule has 7 heteroatoms. The number of amides is 1. The third-order valence-corrected chi connectivity index (χ3v) is 7.04. The highest BCUT2D eigenvalue weighted by molar-refractivity contribution is 7.14. The average Bonchev–Trinajstić information content (AvgIpc) is 3.33. The summed E-state index contributed by atoms with van der Waals surface area (Å²) in [5, 5.41) is 2.85. The fourth-order valence-electron chi connectivity index (χ4n) is 4.84. The van der Waals surface area contributed by atoms with E-state index in [9.17, 15) is 4.79 Å². The molecule has 168 valence electrons. The summed E-state index contributed by atoms with van der Waals surface area (Å²) in [5.41, 5.74) is 3.10. The molecule has 1 amide bonds. The van der Waals surface area contributed by atoms with Crippen molar-refractivity contribution in [1.29, 1.82) is 0 Å². The van der Waals surface area contributed by atoms with Crippen molar-refractivity contribution in [3.63, 3.8) is 0 Å². The second-order valence-electron chi connectivity index (χ2n) is 9.05. The molecule has 1 aromatic heterocycles. The summed E-state index contributed by atoms with van der Waals surface area (Å²) in [6, 6.07) is 8.59. The number of nitrogens with zero attached hydrogens (tertiary/aromatic N) is 4. The first-order valence-corrected chi connectivity index (χ1v) is 12.2. The molecule has 0 spiro atoms. The molecule has 1 aromatic carbocycles. The van der Waals surface area contributed by atoms with Crippen LogP contribution in [0.2, 0.25) is 0 Å². The lowest BCUT2D eigenvalue weighted by atomic mass is 10.1. The van der Waals surface area contributed by atoms with Gasteiger partial charge in [0, 0.05) is 44.5 Å². The van der Waals surface area contributed by atoms with Gasteiger partial charge in [-0.3, -0.25) is 19.5 Å². The lowest BCUT2D eigenvalue weighted by molar-refractivity contribution is -0.115. The quantitative estimate of drug-likeness (QED) is 0.671. The first-order chi connectivity index (χ1) is 14.9. The van der Waals surface area contributed by atoms with Gasteiger partial charge in [0.2, 0.25) is 5.91 Å². The molecule has 6 nitrogen and oxygen atoms in total. The molecule has 0 radical (unpaired) electrons. The van der Waals surface area contributed by atoms with Crippen molar-refractivity contribution in [1.82, 2.24) is 14.8 Å². The van der Waals surface area contributed by atoms with Crippen LogP contribution >= 0.6 is 11.3 Å². The van der Waals surface area contributed by atoms with Crippen LogP contribution in [0.15, 0.2) is 29.6 Å². The largest absolute Gasteiger partial charge is 0.373 e. The Morgan fingerprint density at radius 1 is 1.23 bits per heavy atom. The Labute approximate surface area is 189 Å². The van der Waals surface area contributed by atoms with Gasteiger partial charge in [-0.25, -0.2) is 4.98 Å². The summed E-state index contributed by atoms with van der Waals surface area (Å²) in [7, 11) is 0. The zero-order chi connectivity index (χ0) is 22.0. The fraction of sp³-hybridized carbons (Fsp3) is 0.583. The van der Waals surface area contributed by atoms with Crippen LogP contribution in [-0.4, -0.2) is 65.1 Å². The van der Waals surface area contributed by atoms with Crippen molar-refractivity contribution in [3.8, 4) is 0 Å². The summed E-state index contributed by atoms with van der Waals surface area (Å²) >= 11 is 1.55. The Bertz CT molecular complexity index is 874. The van der Waals surface area contributed by atoms with Gasteiger partial charge in [-0.2, -0.15) is 0 Å². The summed E-state index contributed by atoms with van der Waals surface area (Å²) in [4.78, 5) is 24.1. The minimum Gasteiger partial charge on any atom is -0.373 e. The predicted octanol–water partition coefficient (Wildman–Crippen LogP) is 4.21. The maximum Gasteiger partial charge on any atom is 0.230 e. The number of thiazole rings is 1. The molecular formula is C24H34N4O2S. The number of carbonyl (C=O) groups is 1. The maximum atomic E-state index is 12.4. The SMILES string of the molecule is CC(=O)N(c1ccc(C)cc1)c1nc(CN2CCCC2CN2CC(C)OC(C)C2)cs1. The molecule has 2 aliphatic rings. The van der Waals surface area contributed by atoms with Gasteiger partial charge >= 0.3 is 0 Å². The summed E-state index contributed by atoms with van der Waals surface area (Å²) < 4.78 is 5.89. The molecule has 0 bridgehead atoms. The predicted molar refractivity (Wildman–Crippen MR) is 126 cm³/mol. The van der Waals surface area contributed by atoms with E-state index in [1.54, 1.807) is 23.2 Å². The van der Waals surface area contributed by atoms with Gasteiger partial charge in [0.15, 0.2) is 5.13 Å². The number of hydrogen-bond donors (Lipinski definition) is 0. The summed E-state index contributed by atoms with van der Waals surface area (Å²) in [6.45, 7) is 13.1. The van der Waals surface area contributed by atoms with Gasteiger partial charge in [0.05, 0.1) is 23.6 Å². The van der Waals surface area contributed by atoms with E-state index >= 15 is 0 Å². The van der Waals surface area contributed by atoms with Crippen LogP contribution in [0.25, 0.3) is 0 Å². The number of morpholine rings is 1. The molecule has 31 heavy (non-hydrogen) atoms. The highest BCUT2D eigenvalue weighted by atomic mass is 32.1. The highest BCUT2D eigenvalue weighted by Gasteiger charge is 2.30. The first kappa shape index (κ1) is 22.4. The van der Waals surface area contributed by atoms with Crippen LogP contribution in [0.1, 0.15) is 44.9 Å². The first-order valence-electron chi connectivity index (χ1n) is 11.3. The second kappa shape index (κ2) is 9.77. The normalized spacial score (nSPS) is 25.1. The minimum absolute atomic E-state index is 0.0145. The fourth-order valence-corrected chi connectivity index (χ4v) is 5.72. The number of anilines is 2. The van der Waals surface area contributed by atoms with Gasteiger partial charge in [-0.05, 0) is 52.3 Å². The van der Waals surface area contributed by atoms with E-state index in [2.05, 4.69) is 29.0 Å². The third kappa shape index (κ3) is 5.52. The zero-order valence-corrected chi connectivity index (χ0v) is 19.9.